The Kier molecular flexibility index (Phi) is 3.18. The second-order valence-electron chi connectivity index (χ2n) is 4.57. The second kappa shape index (κ2) is 4.50. The summed E-state index contributed by atoms with van der Waals surface area (Å²) in [5.41, 5.74) is -0.403. The average molecular weight is 248 g/mol. The second-order valence-corrected chi connectivity index (χ2v) is 4.57. The Morgan fingerprint density at radius 2 is 1.72 bits per heavy atom. The summed E-state index contributed by atoms with van der Waals surface area (Å²) < 4.78 is 27.1. The maximum absolute atomic E-state index is 13.7. The van der Waals surface area contributed by atoms with Crippen LogP contribution in [-0.4, -0.2) is 5.11 Å². The third-order valence-corrected chi connectivity index (χ3v) is 3.00. The summed E-state index contributed by atoms with van der Waals surface area (Å²) >= 11 is 0. The molecule has 1 nitrogen and oxygen atoms in total. The van der Waals surface area contributed by atoms with Crippen LogP contribution in [0.3, 0.4) is 0 Å². The third-order valence-electron chi connectivity index (χ3n) is 3.00. The number of rotatable bonds is 2. The van der Waals surface area contributed by atoms with Gasteiger partial charge in [-0.1, -0.05) is 24.3 Å². The van der Waals surface area contributed by atoms with Crippen molar-refractivity contribution in [2.45, 2.75) is 19.4 Å². The van der Waals surface area contributed by atoms with Crippen molar-refractivity contribution >= 4 is 0 Å². The minimum atomic E-state index is -1.56. The van der Waals surface area contributed by atoms with Crippen LogP contribution in [-0.2, 0) is 5.60 Å². The zero-order chi connectivity index (χ0) is 13.3. The first-order valence-electron chi connectivity index (χ1n) is 5.66. The zero-order valence-electron chi connectivity index (χ0n) is 10.2. The van der Waals surface area contributed by atoms with Gasteiger partial charge in [-0.3, -0.25) is 0 Å². The van der Waals surface area contributed by atoms with E-state index in [9.17, 15) is 13.9 Å². The number of hydrogen-bond donors (Lipinski definition) is 1. The minimum Gasteiger partial charge on any atom is -0.381 e. The van der Waals surface area contributed by atoms with E-state index in [1.54, 1.807) is 25.1 Å². The Hall–Kier alpha value is -1.74. The molecule has 0 aliphatic carbocycles. The molecule has 2 aromatic carbocycles. The van der Waals surface area contributed by atoms with Crippen molar-refractivity contribution in [1.82, 2.24) is 0 Å². The lowest BCUT2D eigenvalue weighted by Crippen LogP contribution is -2.24. The smallest absolute Gasteiger partial charge is 0.129 e. The van der Waals surface area contributed by atoms with Gasteiger partial charge < -0.3 is 5.11 Å². The van der Waals surface area contributed by atoms with Gasteiger partial charge in [0.15, 0.2) is 0 Å². The summed E-state index contributed by atoms with van der Waals surface area (Å²) in [5, 5.41) is 10.5. The van der Waals surface area contributed by atoms with E-state index in [0.717, 1.165) is 0 Å². The predicted octanol–water partition coefficient (Wildman–Crippen LogP) is 3.53. The summed E-state index contributed by atoms with van der Waals surface area (Å²) in [6.07, 6.45) is 0. The Morgan fingerprint density at radius 3 is 2.33 bits per heavy atom. The molecule has 1 unspecified atom stereocenters. The van der Waals surface area contributed by atoms with E-state index >= 15 is 0 Å². The van der Waals surface area contributed by atoms with Crippen LogP contribution in [0.25, 0.3) is 0 Å². The summed E-state index contributed by atoms with van der Waals surface area (Å²) in [6, 6.07) is 10.2. The topological polar surface area (TPSA) is 20.2 Å². The van der Waals surface area contributed by atoms with E-state index in [4.69, 9.17) is 0 Å². The van der Waals surface area contributed by atoms with Gasteiger partial charge in [0.05, 0.1) is 0 Å². The van der Waals surface area contributed by atoms with Crippen LogP contribution < -0.4 is 0 Å². The number of hydrogen-bond acceptors (Lipinski definition) is 1. The van der Waals surface area contributed by atoms with Gasteiger partial charge in [-0.15, -0.1) is 0 Å². The highest BCUT2D eigenvalue weighted by Gasteiger charge is 2.29. The Morgan fingerprint density at radius 1 is 1.06 bits per heavy atom. The largest absolute Gasteiger partial charge is 0.381 e. The van der Waals surface area contributed by atoms with Gasteiger partial charge in [-0.2, -0.15) is 0 Å². The average Bonchev–Trinajstić information content (AvgIpc) is 2.28. The first-order valence-corrected chi connectivity index (χ1v) is 5.66. The molecule has 0 saturated heterocycles. The van der Waals surface area contributed by atoms with E-state index in [0.29, 0.717) is 11.1 Å². The molecule has 1 atom stereocenters. The van der Waals surface area contributed by atoms with Crippen LogP contribution in [0.2, 0.25) is 0 Å². The van der Waals surface area contributed by atoms with Crippen LogP contribution >= 0.6 is 0 Å². The normalized spacial score (nSPS) is 14.3. The van der Waals surface area contributed by atoms with Gasteiger partial charge in [0, 0.05) is 5.56 Å². The highest BCUT2D eigenvalue weighted by atomic mass is 19.1. The zero-order valence-corrected chi connectivity index (χ0v) is 10.2. The standard InChI is InChI=1S/C15H14F2O/c1-10-7-11(9-12(16)8-10)15(2,18)13-5-3-4-6-14(13)17/h3-9,18H,1-2H3. The summed E-state index contributed by atoms with van der Waals surface area (Å²) in [4.78, 5) is 0. The van der Waals surface area contributed by atoms with Crippen LogP contribution in [0, 0.1) is 18.6 Å². The molecule has 94 valence electrons. The molecule has 0 amide bonds. The van der Waals surface area contributed by atoms with E-state index in [1.807, 2.05) is 0 Å². The van der Waals surface area contributed by atoms with E-state index in [1.165, 1.54) is 31.2 Å². The lowest BCUT2D eigenvalue weighted by atomic mass is 9.87. The van der Waals surface area contributed by atoms with Crippen LogP contribution in [0.15, 0.2) is 42.5 Å². The number of aliphatic hydroxyl groups is 1. The van der Waals surface area contributed by atoms with Crippen molar-refractivity contribution in [3.05, 3.63) is 70.8 Å². The summed E-state index contributed by atoms with van der Waals surface area (Å²) in [5.74, 6) is -0.953. The Balaban J connectivity index is 2.57. The number of aryl methyl sites for hydroxylation is 1. The van der Waals surface area contributed by atoms with Crippen molar-refractivity contribution in [1.29, 1.82) is 0 Å². The first kappa shape index (κ1) is 12.7. The SMILES string of the molecule is Cc1cc(F)cc(C(C)(O)c2ccccc2F)c1. The lowest BCUT2D eigenvalue weighted by Gasteiger charge is -2.25. The van der Waals surface area contributed by atoms with Gasteiger partial charge in [-0.25, -0.2) is 8.78 Å². The van der Waals surface area contributed by atoms with Gasteiger partial charge in [0.1, 0.15) is 17.2 Å². The monoisotopic (exact) mass is 248 g/mol. The minimum absolute atomic E-state index is 0.134. The molecule has 0 aliphatic heterocycles. The molecular weight excluding hydrogens is 234 g/mol. The molecule has 0 radical (unpaired) electrons. The molecular formula is C15H14F2O. The summed E-state index contributed by atoms with van der Waals surface area (Å²) in [7, 11) is 0. The molecule has 3 heteroatoms. The van der Waals surface area contributed by atoms with Gasteiger partial charge >= 0.3 is 0 Å². The maximum atomic E-state index is 13.7. The van der Waals surface area contributed by atoms with Crippen molar-refractivity contribution < 1.29 is 13.9 Å². The molecule has 0 aliphatic rings. The predicted molar refractivity (Wildman–Crippen MR) is 66.2 cm³/mol. The van der Waals surface area contributed by atoms with Crippen LogP contribution in [0.5, 0.6) is 0 Å². The van der Waals surface area contributed by atoms with Gasteiger partial charge in [0.2, 0.25) is 0 Å². The van der Waals surface area contributed by atoms with Crippen molar-refractivity contribution in [3.8, 4) is 0 Å². The molecule has 0 saturated carbocycles. The molecule has 1 N–H and O–H groups in total. The lowest BCUT2D eigenvalue weighted by molar-refractivity contribution is 0.0975. The van der Waals surface area contributed by atoms with Crippen LogP contribution in [0.1, 0.15) is 23.6 Å². The molecule has 18 heavy (non-hydrogen) atoms. The van der Waals surface area contributed by atoms with E-state index < -0.39 is 17.2 Å². The fourth-order valence-corrected chi connectivity index (χ4v) is 2.03. The number of halogens is 2. The highest BCUT2D eigenvalue weighted by molar-refractivity contribution is 5.38. The first-order chi connectivity index (χ1) is 8.41. The quantitative estimate of drug-likeness (QED) is 0.862. The summed E-state index contributed by atoms with van der Waals surface area (Å²) in [6.45, 7) is 3.18. The molecule has 2 rings (SSSR count). The Labute approximate surface area is 105 Å². The molecule has 0 fully saturated rings. The molecule has 0 aromatic heterocycles. The van der Waals surface area contributed by atoms with Crippen molar-refractivity contribution in [2.24, 2.45) is 0 Å². The van der Waals surface area contributed by atoms with Gasteiger partial charge in [0.25, 0.3) is 0 Å². The highest BCUT2D eigenvalue weighted by Crippen LogP contribution is 2.31. The maximum Gasteiger partial charge on any atom is 0.129 e. The number of benzene rings is 2. The van der Waals surface area contributed by atoms with Crippen molar-refractivity contribution in [3.63, 3.8) is 0 Å². The fourth-order valence-electron chi connectivity index (χ4n) is 2.03. The van der Waals surface area contributed by atoms with E-state index in [2.05, 4.69) is 0 Å². The van der Waals surface area contributed by atoms with Gasteiger partial charge in [-0.05, 0) is 43.2 Å². The molecule has 2 aromatic rings. The van der Waals surface area contributed by atoms with Crippen molar-refractivity contribution in [2.75, 3.05) is 0 Å². The fraction of sp³-hybridized carbons (Fsp3) is 0.200. The molecule has 0 heterocycles. The Bertz CT molecular complexity index is 556. The van der Waals surface area contributed by atoms with Crippen LogP contribution in [0.4, 0.5) is 8.78 Å². The third kappa shape index (κ3) is 2.27. The van der Waals surface area contributed by atoms with E-state index in [-0.39, 0.29) is 5.56 Å². The molecule has 0 bridgehead atoms. The molecule has 0 spiro atoms.